The third-order valence-electron chi connectivity index (χ3n) is 3.78. The maximum Gasteiger partial charge on any atom is 0.321 e. The standard InChI is InChI=1S/C15H22N2OS/c1-17(13-6-4-3-5-7-13)15(18)16-12-8-10-14(19-2)11-9-12/h8-11,13H,3-7H2,1-2H3,(H,16,18). The van der Waals surface area contributed by atoms with E-state index in [1.54, 1.807) is 11.8 Å². The molecule has 1 aliphatic rings. The zero-order chi connectivity index (χ0) is 13.7. The third-order valence-corrected chi connectivity index (χ3v) is 4.53. The van der Waals surface area contributed by atoms with E-state index in [1.807, 2.05) is 42.5 Å². The molecule has 0 saturated heterocycles. The van der Waals surface area contributed by atoms with E-state index in [4.69, 9.17) is 0 Å². The Morgan fingerprint density at radius 2 is 1.84 bits per heavy atom. The summed E-state index contributed by atoms with van der Waals surface area (Å²) in [4.78, 5) is 15.2. The van der Waals surface area contributed by atoms with Gasteiger partial charge in [-0.3, -0.25) is 0 Å². The summed E-state index contributed by atoms with van der Waals surface area (Å²) in [5.74, 6) is 0. The molecule has 1 N–H and O–H groups in total. The van der Waals surface area contributed by atoms with Crippen molar-refractivity contribution >= 4 is 23.5 Å². The largest absolute Gasteiger partial charge is 0.325 e. The van der Waals surface area contributed by atoms with Crippen molar-refractivity contribution in [1.82, 2.24) is 4.90 Å². The molecule has 0 spiro atoms. The van der Waals surface area contributed by atoms with Crippen LogP contribution in [-0.4, -0.2) is 30.3 Å². The molecular weight excluding hydrogens is 256 g/mol. The Balaban J connectivity index is 1.91. The van der Waals surface area contributed by atoms with E-state index in [9.17, 15) is 4.79 Å². The topological polar surface area (TPSA) is 32.3 Å². The van der Waals surface area contributed by atoms with Crippen molar-refractivity contribution in [3.05, 3.63) is 24.3 Å². The predicted octanol–water partition coefficient (Wildman–Crippen LogP) is 4.20. The van der Waals surface area contributed by atoms with E-state index in [0.29, 0.717) is 6.04 Å². The fraction of sp³-hybridized carbons (Fsp3) is 0.533. The van der Waals surface area contributed by atoms with Gasteiger partial charge in [0.05, 0.1) is 0 Å². The van der Waals surface area contributed by atoms with Crippen LogP contribution in [0.25, 0.3) is 0 Å². The average molecular weight is 278 g/mol. The molecule has 19 heavy (non-hydrogen) atoms. The second-order valence-electron chi connectivity index (χ2n) is 5.06. The highest BCUT2D eigenvalue weighted by molar-refractivity contribution is 7.98. The second kappa shape index (κ2) is 6.85. The van der Waals surface area contributed by atoms with Gasteiger partial charge in [-0.15, -0.1) is 11.8 Å². The summed E-state index contributed by atoms with van der Waals surface area (Å²) in [7, 11) is 1.90. The Bertz CT molecular complexity index is 413. The van der Waals surface area contributed by atoms with Gasteiger partial charge in [-0.1, -0.05) is 19.3 Å². The van der Waals surface area contributed by atoms with Gasteiger partial charge in [-0.2, -0.15) is 0 Å². The number of nitrogens with zero attached hydrogens (tertiary/aromatic N) is 1. The number of nitrogens with one attached hydrogen (secondary N) is 1. The molecule has 4 heteroatoms. The van der Waals surface area contributed by atoms with Crippen LogP contribution in [0.1, 0.15) is 32.1 Å². The summed E-state index contributed by atoms with van der Waals surface area (Å²) < 4.78 is 0. The minimum absolute atomic E-state index is 0.00352. The smallest absolute Gasteiger partial charge is 0.321 e. The first-order chi connectivity index (χ1) is 9.20. The van der Waals surface area contributed by atoms with Crippen LogP contribution in [0.5, 0.6) is 0 Å². The Morgan fingerprint density at radius 3 is 2.42 bits per heavy atom. The lowest BCUT2D eigenvalue weighted by molar-refractivity contribution is 0.186. The lowest BCUT2D eigenvalue weighted by atomic mass is 9.95. The summed E-state index contributed by atoms with van der Waals surface area (Å²) in [6, 6.07) is 8.38. The highest BCUT2D eigenvalue weighted by Crippen LogP contribution is 2.22. The molecule has 0 heterocycles. The van der Waals surface area contributed by atoms with Gasteiger partial charge in [0.25, 0.3) is 0 Å². The fourth-order valence-electron chi connectivity index (χ4n) is 2.52. The number of carbonyl (C=O) groups excluding carboxylic acids is 1. The van der Waals surface area contributed by atoms with Crippen LogP contribution in [0.15, 0.2) is 29.2 Å². The number of hydrogen-bond acceptors (Lipinski definition) is 2. The van der Waals surface area contributed by atoms with E-state index in [1.165, 1.54) is 24.2 Å². The molecule has 104 valence electrons. The van der Waals surface area contributed by atoms with Crippen molar-refractivity contribution in [3.63, 3.8) is 0 Å². The lowest BCUT2D eigenvalue weighted by Gasteiger charge is -2.31. The molecule has 1 aromatic rings. The number of amides is 2. The number of anilines is 1. The molecule has 1 saturated carbocycles. The Hall–Kier alpha value is -1.16. The number of rotatable bonds is 3. The van der Waals surface area contributed by atoms with Crippen molar-refractivity contribution < 1.29 is 4.79 Å². The molecule has 1 fully saturated rings. The van der Waals surface area contributed by atoms with Crippen LogP contribution in [0.4, 0.5) is 10.5 Å². The highest BCUT2D eigenvalue weighted by Gasteiger charge is 2.21. The van der Waals surface area contributed by atoms with Crippen LogP contribution < -0.4 is 5.32 Å². The van der Waals surface area contributed by atoms with Crippen LogP contribution in [-0.2, 0) is 0 Å². The van der Waals surface area contributed by atoms with Gasteiger partial charge < -0.3 is 10.2 Å². The molecular formula is C15H22N2OS. The molecule has 0 aromatic heterocycles. The number of carbonyl (C=O) groups is 1. The minimum atomic E-state index is 0.00352. The van der Waals surface area contributed by atoms with Gasteiger partial charge >= 0.3 is 6.03 Å². The van der Waals surface area contributed by atoms with Crippen LogP contribution in [0.2, 0.25) is 0 Å². The van der Waals surface area contributed by atoms with Crippen LogP contribution in [0, 0.1) is 0 Å². The predicted molar refractivity (Wildman–Crippen MR) is 81.9 cm³/mol. The number of benzene rings is 1. The molecule has 0 bridgehead atoms. The van der Waals surface area contributed by atoms with Crippen molar-refractivity contribution in [2.45, 2.75) is 43.0 Å². The zero-order valence-corrected chi connectivity index (χ0v) is 12.5. The SMILES string of the molecule is CSc1ccc(NC(=O)N(C)C2CCCCC2)cc1. The van der Waals surface area contributed by atoms with E-state index in [-0.39, 0.29) is 6.03 Å². The summed E-state index contributed by atoms with van der Waals surface area (Å²) in [5.41, 5.74) is 0.866. The molecule has 3 nitrogen and oxygen atoms in total. The molecule has 1 aliphatic carbocycles. The van der Waals surface area contributed by atoms with Crippen LogP contribution >= 0.6 is 11.8 Å². The molecule has 2 amide bonds. The Kier molecular flexibility index (Phi) is 5.14. The normalized spacial score (nSPS) is 16.1. The molecule has 1 aromatic carbocycles. The Morgan fingerprint density at radius 1 is 1.21 bits per heavy atom. The quantitative estimate of drug-likeness (QED) is 0.840. The van der Waals surface area contributed by atoms with E-state index in [2.05, 4.69) is 5.32 Å². The summed E-state index contributed by atoms with van der Waals surface area (Å²) >= 11 is 1.70. The van der Waals surface area contributed by atoms with Gasteiger partial charge in [0.1, 0.15) is 0 Å². The fourth-order valence-corrected chi connectivity index (χ4v) is 2.93. The average Bonchev–Trinajstić information content (AvgIpc) is 2.48. The van der Waals surface area contributed by atoms with Crippen molar-refractivity contribution in [1.29, 1.82) is 0 Å². The van der Waals surface area contributed by atoms with Gasteiger partial charge in [-0.25, -0.2) is 4.79 Å². The zero-order valence-electron chi connectivity index (χ0n) is 11.7. The van der Waals surface area contributed by atoms with Gasteiger partial charge in [-0.05, 0) is 43.4 Å². The maximum absolute atomic E-state index is 12.2. The molecule has 0 radical (unpaired) electrons. The van der Waals surface area contributed by atoms with Crippen molar-refractivity contribution in [2.75, 3.05) is 18.6 Å². The second-order valence-corrected chi connectivity index (χ2v) is 5.94. The molecule has 0 atom stereocenters. The number of hydrogen-bond donors (Lipinski definition) is 1. The summed E-state index contributed by atoms with van der Waals surface area (Å²) in [5, 5.41) is 2.97. The lowest BCUT2D eigenvalue weighted by Crippen LogP contribution is -2.40. The maximum atomic E-state index is 12.2. The third kappa shape index (κ3) is 3.90. The van der Waals surface area contributed by atoms with Gasteiger partial charge in [0.2, 0.25) is 0 Å². The van der Waals surface area contributed by atoms with E-state index < -0.39 is 0 Å². The minimum Gasteiger partial charge on any atom is -0.325 e. The summed E-state index contributed by atoms with van der Waals surface area (Å²) in [6.45, 7) is 0. The van der Waals surface area contributed by atoms with E-state index in [0.717, 1.165) is 18.5 Å². The van der Waals surface area contributed by atoms with Gasteiger partial charge in [0.15, 0.2) is 0 Å². The highest BCUT2D eigenvalue weighted by atomic mass is 32.2. The van der Waals surface area contributed by atoms with Gasteiger partial charge in [0, 0.05) is 23.7 Å². The molecule has 0 aliphatic heterocycles. The van der Waals surface area contributed by atoms with Crippen LogP contribution in [0.3, 0.4) is 0 Å². The number of thioether (sulfide) groups is 1. The molecule has 0 unspecified atom stereocenters. The number of urea groups is 1. The van der Waals surface area contributed by atoms with Crippen molar-refractivity contribution in [3.8, 4) is 0 Å². The first-order valence-electron chi connectivity index (χ1n) is 6.88. The van der Waals surface area contributed by atoms with E-state index >= 15 is 0 Å². The monoisotopic (exact) mass is 278 g/mol. The first-order valence-corrected chi connectivity index (χ1v) is 8.11. The van der Waals surface area contributed by atoms with Crippen molar-refractivity contribution in [2.24, 2.45) is 0 Å². The Labute approximate surface area is 119 Å². The molecule has 2 rings (SSSR count). The first kappa shape index (κ1) is 14.3. The summed E-state index contributed by atoms with van der Waals surface area (Å²) in [6.07, 6.45) is 8.10.